The van der Waals surface area contributed by atoms with Gasteiger partial charge >= 0.3 is 0 Å². The van der Waals surface area contributed by atoms with Gasteiger partial charge in [-0.25, -0.2) is 0 Å². The molecule has 0 fully saturated rings. The molecule has 0 radical (unpaired) electrons. The van der Waals surface area contributed by atoms with Gasteiger partial charge in [0.15, 0.2) is 0 Å². The lowest BCUT2D eigenvalue weighted by Gasteiger charge is -2.36. The summed E-state index contributed by atoms with van der Waals surface area (Å²) in [6.07, 6.45) is 0. The number of hydrogen-bond donors (Lipinski definition) is 1. The average Bonchev–Trinajstić information content (AvgIpc) is 2.76. The number of hydrogen-bond acceptors (Lipinski definition) is 2. The summed E-state index contributed by atoms with van der Waals surface area (Å²) in [6.45, 7) is 0. The van der Waals surface area contributed by atoms with E-state index in [1.54, 1.807) is 0 Å². The third-order valence-corrected chi connectivity index (χ3v) is 5.51. The maximum Gasteiger partial charge on any atom is 0.0471 e. The largest absolute Gasteiger partial charge is 0.355 e. The molecular formula is C26H22N2. The number of para-hydroxylation sites is 2. The van der Waals surface area contributed by atoms with E-state index in [9.17, 15) is 0 Å². The third-order valence-electron chi connectivity index (χ3n) is 5.51. The zero-order valence-electron chi connectivity index (χ0n) is 15.8. The standard InChI is InChI=1S/C26H22N2/c1-28-24-15-9-8-14-22(24)26(19-10-4-2-5-11-19)23-17-16-21(18-25(23)28)27-20-12-6-3-7-13-20/h2-18,26-27H,1H3/t26-/m1/s1. The first-order valence-corrected chi connectivity index (χ1v) is 9.65. The smallest absolute Gasteiger partial charge is 0.0471 e. The van der Waals surface area contributed by atoms with Crippen molar-refractivity contribution in [2.45, 2.75) is 5.92 Å². The van der Waals surface area contributed by atoms with Crippen LogP contribution in [-0.2, 0) is 0 Å². The topological polar surface area (TPSA) is 15.3 Å². The molecule has 0 aliphatic carbocycles. The Bertz CT molecular complexity index is 1100. The minimum absolute atomic E-state index is 0.245. The molecule has 1 N–H and O–H groups in total. The highest BCUT2D eigenvalue weighted by Crippen LogP contribution is 2.48. The molecule has 2 nitrogen and oxygen atoms in total. The lowest BCUT2D eigenvalue weighted by atomic mass is 9.80. The summed E-state index contributed by atoms with van der Waals surface area (Å²) in [5.74, 6) is 0.245. The van der Waals surface area contributed by atoms with Crippen LogP contribution in [0.4, 0.5) is 22.7 Å². The molecule has 1 atom stereocenters. The Kier molecular flexibility index (Phi) is 4.10. The lowest BCUT2D eigenvalue weighted by molar-refractivity contribution is 0.927. The number of nitrogens with zero attached hydrogens (tertiary/aromatic N) is 1. The minimum atomic E-state index is 0.245. The van der Waals surface area contributed by atoms with Gasteiger partial charge in [0.2, 0.25) is 0 Å². The Balaban J connectivity index is 1.63. The van der Waals surface area contributed by atoms with Crippen LogP contribution in [0, 0.1) is 0 Å². The molecule has 1 aliphatic rings. The van der Waals surface area contributed by atoms with Gasteiger partial charge in [-0.1, -0.05) is 72.8 Å². The molecule has 4 aromatic carbocycles. The highest BCUT2D eigenvalue weighted by atomic mass is 15.1. The van der Waals surface area contributed by atoms with Gasteiger partial charge in [-0.3, -0.25) is 0 Å². The number of anilines is 4. The second-order valence-corrected chi connectivity index (χ2v) is 7.23. The average molecular weight is 362 g/mol. The van der Waals surface area contributed by atoms with Crippen LogP contribution in [0.3, 0.4) is 0 Å². The quantitative estimate of drug-likeness (QED) is 0.437. The number of nitrogens with one attached hydrogen (secondary N) is 1. The molecule has 0 bridgehead atoms. The first-order chi connectivity index (χ1) is 13.8. The van der Waals surface area contributed by atoms with Crippen LogP contribution >= 0.6 is 0 Å². The van der Waals surface area contributed by atoms with Crippen LogP contribution < -0.4 is 10.2 Å². The zero-order chi connectivity index (χ0) is 18.9. The molecular weight excluding hydrogens is 340 g/mol. The first kappa shape index (κ1) is 16.6. The van der Waals surface area contributed by atoms with Crippen molar-refractivity contribution in [2.75, 3.05) is 17.3 Å². The summed E-state index contributed by atoms with van der Waals surface area (Å²) < 4.78 is 0. The van der Waals surface area contributed by atoms with E-state index < -0.39 is 0 Å². The van der Waals surface area contributed by atoms with Gasteiger partial charge in [-0.15, -0.1) is 0 Å². The molecule has 1 heterocycles. The first-order valence-electron chi connectivity index (χ1n) is 9.65. The Hall–Kier alpha value is -3.52. The summed E-state index contributed by atoms with van der Waals surface area (Å²) in [5.41, 5.74) is 8.73. The van der Waals surface area contributed by atoms with Crippen LogP contribution in [0.2, 0.25) is 0 Å². The van der Waals surface area contributed by atoms with E-state index in [1.807, 2.05) is 6.07 Å². The fourth-order valence-electron chi connectivity index (χ4n) is 4.18. The van der Waals surface area contributed by atoms with E-state index in [-0.39, 0.29) is 5.92 Å². The predicted octanol–water partition coefficient (Wildman–Crippen LogP) is 6.69. The van der Waals surface area contributed by atoms with Crippen molar-refractivity contribution < 1.29 is 0 Å². The maximum absolute atomic E-state index is 3.53. The molecule has 0 saturated heterocycles. The molecule has 0 saturated carbocycles. The number of rotatable bonds is 3. The third kappa shape index (κ3) is 2.84. The highest BCUT2D eigenvalue weighted by molar-refractivity contribution is 5.80. The lowest BCUT2D eigenvalue weighted by Crippen LogP contribution is -2.22. The molecule has 2 heteroatoms. The van der Waals surface area contributed by atoms with Gasteiger partial charge in [0.05, 0.1) is 0 Å². The summed E-state index contributed by atoms with van der Waals surface area (Å²) >= 11 is 0. The molecule has 28 heavy (non-hydrogen) atoms. The normalized spacial score (nSPS) is 14.9. The van der Waals surface area contributed by atoms with Gasteiger partial charge < -0.3 is 10.2 Å². The monoisotopic (exact) mass is 362 g/mol. The van der Waals surface area contributed by atoms with Gasteiger partial charge in [0, 0.05) is 35.7 Å². The van der Waals surface area contributed by atoms with Crippen LogP contribution in [0.15, 0.2) is 103 Å². The fraction of sp³-hybridized carbons (Fsp3) is 0.0769. The van der Waals surface area contributed by atoms with E-state index in [1.165, 1.54) is 28.1 Å². The van der Waals surface area contributed by atoms with Gasteiger partial charge in [0.25, 0.3) is 0 Å². The van der Waals surface area contributed by atoms with E-state index >= 15 is 0 Å². The van der Waals surface area contributed by atoms with Crippen molar-refractivity contribution in [3.05, 3.63) is 120 Å². The molecule has 0 unspecified atom stereocenters. The Morgan fingerprint density at radius 2 is 1.25 bits per heavy atom. The Morgan fingerprint density at radius 3 is 2.04 bits per heavy atom. The van der Waals surface area contributed by atoms with Gasteiger partial charge in [-0.05, 0) is 47.0 Å². The van der Waals surface area contributed by atoms with Crippen molar-refractivity contribution in [3.63, 3.8) is 0 Å². The molecule has 1 aliphatic heterocycles. The second kappa shape index (κ2) is 6.90. The van der Waals surface area contributed by atoms with Crippen molar-refractivity contribution in [1.82, 2.24) is 0 Å². The molecule has 136 valence electrons. The molecule has 0 amide bonds. The Morgan fingerprint density at radius 1 is 0.607 bits per heavy atom. The highest BCUT2D eigenvalue weighted by Gasteiger charge is 2.29. The summed E-state index contributed by atoms with van der Waals surface area (Å²) in [5, 5.41) is 3.53. The minimum Gasteiger partial charge on any atom is -0.355 e. The zero-order valence-corrected chi connectivity index (χ0v) is 15.8. The maximum atomic E-state index is 3.53. The van der Waals surface area contributed by atoms with Gasteiger partial charge in [0.1, 0.15) is 0 Å². The van der Waals surface area contributed by atoms with E-state index in [2.05, 4.69) is 114 Å². The summed E-state index contributed by atoms with van der Waals surface area (Å²) in [6, 6.07) is 36.5. The predicted molar refractivity (Wildman–Crippen MR) is 118 cm³/mol. The van der Waals surface area contributed by atoms with Crippen molar-refractivity contribution in [1.29, 1.82) is 0 Å². The molecule has 0 spiro atoms. The van der Waals surface area contributed by atoms with Crippen LogP contribution in [0.5, 0.6) is 0 Å². The fourth-order valence-corrected chi connectivity index (χ4v) is 4.18. The Labute approximate surface area is 166 Å². The SMILES string of the molecule is CN1c2ccccc2[C@@H](c2ccccc2)c2ccc(Nc3ccccc3)cc21. The van der Waals surface area contributed by atoms with E-state index in [0.29, 0.717) is 0 Å². The number of fused-ring (bicyclic) bond motifs is 2. The van der Waals surface area contributed by atoms with E-state index in [0.717, 1.165) is 11.4 Å². The van der Waals surface area contributed by atoms with Crippen LogP contribution in [-0.4, -0.2) is 7.05 Å². The van der Waals surface area contributed by atoms with Gasteiger partial charge in [-0.2, -0.15) is 0 Å². The summed E-state index contributed by atoms with van der Waals surface area (Å²) in [7, 11) is 2.16. The number of benzene rings is 4. The van der Waals surface area contributed by atoms with Crippen molar-refractivity contribution in [3.8, 4) is 0 Å². The van der Waals surface area contributed by atoms with Crippen LogP contribution in [0.25, 0.3) is 0 Å². The van der Waals surface area contributed by atoms with E-state index in [4.69, 9.17) is 0 Å². The van der Waals surface area contributed by atoms with Crippen molar-refractivity contribution in [2.24, 2.45) is 0 Å². The second-order valence-electron chi connectivity index (χ2n) is 7.23. The summed E-state index contributed by atoms with van der Waals surface area (Å²) in [4.78, 5) is 2.31. The van der Waals surface area contributed by atoms with Crippen molar-refractivity contribution >= 4 is 22.7 Å². The molecule has 4 aromatic rings. The molecule has 0 aromatic heterocycles. The van der Waals surface area contributed by atoms with Crippen LogP contribution in [0.1, 0.15) is 22.6 Å². The molecule has 5 rings (SSSR count).